The Morgan fingerprint density at radius 2 is 1.85 bits per heavy atom. The third-order valence-electron chi connectivity index (χ3n) is 6.31. The lowest BCUT2D eigenvalue weighted by Gasteiger charge is -2.37. The highest BCUT2D eigenvalue weighted by Crippen LogP contribution is 2.34. The predicted octanol–water partition coefficient (Wildman–Crippen LogP) is 2.67. The molecule has 9 nitrogen and oxygen atoms in total. The van der Waals surface area contributed by atoms with Gasteiger partial charge in [0.2, 0.25) is 5.95 Å². The topological polar surface area (TPSA) is 111 Å². The number of aliphatic hydroxyl groups is 2. The summed E-state index contributed by atoms with van der Waals surface area (Å²) in [6.07, 6.45) is 3.08. The van der Waals surface area contributed by atoms with E-state index < -0.39 is 18.6 Å². The Bertz CT molecular complexity index is 1200. The average molecular weight is 472 g/mol. The first-order valence-corrected chi connectivity index (χ1v) is 11.3. The molecule has 2 aliphatic heterocycles. The fraction of sp³-hybridized carbons (Fsp3) is 0.478. The highest BCUT2D eigenvalue weighted by molar-refractivity contribution is 5.96. The molecule has 0 spiro atoms. The molecule has 0 aromatic carbocycles. The van der Waals surface area contributed by atoms with Crippen molar-refractivity contribution in [1.29, 1.82) is 0 Å². The Balaban J connectivity index is 1.43. The maximum absolute atomic E-state index is 14.0. The maximum Gasteiger partial charge on any atom is 0.290 e. The second-order valence-electron chi connectivity index (χ2n) is 9.22. The van der Waals surface area contributed by atoms with Gasteiger partial charge in [-0.2, -0.15) is 4.98 Å². The molecule has 5 rings (SSSR count). The van der Waals surface area contributed by atoms with Crippen LogP contribution in [0.5, 0.6) is 0 Å². The molecule has 0 radical (unpaired) electrons. The van der Waals surface area contributed by atoms with Gasteiger partial charge in [-0.25, -0.2) is 23.7 Å². The first-order chi connectivity index (χ1) is 16.2. The molecule has 2 aliphatic rings. The number of halogens is 2. The summed E-state index contributed by atoms with van der Waals surface area (Å²) in [4.78, 5) is 21.1. The number of rotatable bonds is 5. The minimum atomic E-state index is -3.21. The number of β-amino-alcohol motifs (C(OH)–C–C–N with tert-alkyl or cyclic N) is 1. The smallest absolute Gasteiger partial charge is 0.290 e. The molecule has 3 aromatic heterocycles. The first kappa shape index (κ1) is 22.6. The molecule has 1 atom stereocenters. The van der Waals surface area contributed by atoms with Crippen LogP contribution in [-0.2, 0) is 0 Å². The Morgan fingerprint density at radius 1 is 1.06 bits per heavy atom. The van der Waals surface area contributed by atoms with E-state index in [9.17, 15) is 19.0 Å². The van der Waals surface area contributed by atoms with Crippen LogP contribution < -0.4 is 15.1 Å². The van der Waals surface area contributed by atoms with E-state index in [0.29, 0.717) is 24.7 Å². The van der Waals surface area contributed by atoms with Crippen LogP contribution in [0.3, 0.4) is 0 Å². The summed E-state index contributed by atoms with van der Waals surface area (Å²) in [6, 6.07) is 3.58. The number of nitrogens with one attached hydrogen (secondary N) is 1. The molecule has 3 aromatic rings. The van der Waals surface area contributed by atoms with Gasteiger partial charge in [-0.3, -0.25) is 0 Å². The molecule has 2 fully saturated rings. The van der Waals surface area contributed by atoms with Crippen molar-refractivity contribution in [1.82, 2.24) is 19.9 Å². The Labute approximate surface area is 195 Å². The Hall–Kier alpha value is -3.18. The number of aliphatic hydroxyl groups excluding tert-OH is 2. The molecule has 0 bridgehead atoms. The predicted molar refractivity (Wildman–Crippen MR) is 125 cm³/mol. The van der Waals surface area contributed by atoms with E-state index in [0.717, 1.165) is 22.2 Å². The molecule has 2 saturated heterocycles. The number of anilines is 4. The van der Waals surface area contributed by atoms with Crippen molar-refractivity contribution < 1.29 is 19.0 Å². The zero-order valence-corrected chi connectivity index (χ0v) is 19.0. The Kier molecular flexibility index (Phi) is 5.68. The molecule has 34 heavy (non-hydrogen) atoms. The highest BCUT2D eigenvalue weighted by Gasteiger charge is 2.44. The lowest BCUT2D eigenvalue weighted by atomic mass is 9.98. The first-order valence-electron chi connectivity index (χ1n) is 11.3. The van der Waals surface area contributed by atoms with E-state index in [-0.39, 0.29) is 30.9 Å². The van der Waals surface area contributed by atoms with Gasteiger partial charge in [0.25, 0.3) is 5.92 Å². The molecule has 11 heteroatoms. The molecule has 0 saturated carbocycles. The normalized spacial score (nSPS) is 20.6. The van der Waals surface area contributed by atoms with Crippen molar-refractivity contribution in [3.8, 4) is 0 Å². The van der Waals surface area contributed by atoms with Crippen molar-refractivity contribution in [2.75, 3.05) is 41.3 Å². The molecule has 5 heterocycles. The van der Waals surface area contributed by atoms with Crippen LogP contribution in [0.1, 0.15) is 31.7 Å². The number of piperidine rings is 1. The number of nitrogens with zero attached hydrogens (tertiary/aromatic N) is 6. The molecule has 180 valence electrons. The lowest BCUT2D eigenvalue weighted by Crippen LogP contribution is -2.52. The summed E-state index contributed by atoms with van der Waals surface area (Å²) < 4.78 is 28.0. The second kappa shape index (κ2) is 8.55. The molecular weight excluding hydrogens is 444 g/mol. The maximum atomic E-state index is 14.0. The van der Waals surface area contributed by atoms with Crippen molar-refractivity contribution in [2.45, 2.75) is 44.3 Å². The fourth-order valence-electron chi connectivity index (χ4n) is 4.35. The van der Waals surface area contributed by atoms with Gasteiger partial charge in [-0.05, 0) is 35.4 Å². The second-order valence-corrected chi connectivity index (χ2v) is 9.22. The van der Waals surface area contributed by atoms with E-state index in [1.165, 1.54) is 11.1 Å². The van der Waals surface area contributed by atoms with E-state index in [4.69, 9.17) is 0 Å². The minimum Gasteiger partial charge on any atom is -0.389 e. The number of aromatic nitrogens is 4. The third kappa shape index (κ3) is 4.21. The zero-order chi connectivity index (χ0) is 24.0. The minimum absolute atomic E-state index is 0.0529. The quantitative estimate of drug-likeness (QED) is 0.517. The van der Waals surface area contributed by atoms with Crippen LogP contribution in [0.4, 0.5) is 32.2 Å². The van der Waals surface area contributed by atoms with Gasteiger partial charge in [0.1, 0.15) is 23.6 Å². The van der Waals surface area contributed by atoms with Gasteiger partial charge in [0.15, 0.2) is 0 Å². The standard InChI is InChI=1S/C23H27F2N7O2/c1-13(2)16-8-28-21(32-10-14(33)11-32)17-9-27-20(7-15(16)17)29-19-3-5-26-22(30-19)31-6-4-18(34)23(24,25)12-31/h3,5,7-9,13-14,18,33-34H,4,6,10-12H2,1-2H3,(H,26,27,29,30). The average Bonchev–Trinajstić information content (AvgIpc) is 2.78. The molecular formula is C23H27F2N7O2. The number of hydrogen-bond acceptors (Lipinski definition) is 9. The van der Waals surface area contributed by atoms with Crippen LogP contribution in [0, 0.1) is 0 Å². The third-order valence-corrected chi connectivity index (χ3v) is 6.31. The van der Waals surface area contributed by atoms with Gasteiger partial charge < -0.3 is 25.3 Å². The van der Waals surface area contributed by atoms with E-state index in [1.54, 1.807) is 12.3 Å². The van der Waals surface area contributed by atoms with Crippen molar-refractivity contribution in [3.05, 3.63) is 36.3 Å². The molecule has 0 aliphatic carbocycles. The summed E-state index contributed by atoms with van der Waals surface area (Å²) in [5.41, 5.74) is 1.07. The fourth-order valence-corrected chi connectivity index (χ4v) is 4.35. The van der Waals surface area contributed by atoms with Crippen LogP contribution in [0.25, 0.3) is 10.8 Å². The summed E-state index contributed by atoms with van der Waals surface area (Å²) >= 11 is 0. The Morgan fingerprint density at radius 3 is 2.56 bits per heavy atom. The summed E-state index contributed by atoms with van der Waals surface area (Å²) in [6.45, 7) is 4.88. The SMILES string of the molecule is CC(C)c1cnc(N2CC(O)C2)c2cnc(Nc3ccnc(N4CCC(O)C(F)(F)C4)n3)cc12. The van der Waals surface area contributed by atoms with E-state index in [1.807, 2.05) is 17.2 Å². The van der Waals surface area contributed by atoms with Crippen LogP contribution in [-0.4, -0.2) is 74.5 Å². The number of pyridine rings is 2. The number of fused-ring (bicyclic) bond motifs is 1. The van der Waals surface area contributed by atoms with Gasteiger partial charge in [-0.1, -0.05) is 13.8 Å². The lowest BCUT2D eigenvalue weighted by molar-refractivity contribution is -0.113. The largest absolute Gasteiger partial charge is 0.389 e. The van der Waals surface area contributed by atoms with Crippen molar-refractivity contribution >= 4 is 34.2 Å². The summed E-state index contributed by atoms with van der Waals surface area (Å²) in [5.74, 6) is -1.03. The van der Waals surface area contributed by atoms with Gasteiger partial charge >= 0.3 is 0 Å². The van der Waals surface area contributed by atoms with Gasteiger partial charge in [0, 0.05) is 43.6 Å². The summed E-state index contributed by atoms with van der Waals surface area (Å²) in [5, 5.41) is 24.3. The zero-order valence-electron chi connectivity index (χ0n) is 19.0. The molecule has 1 unspecified atom stereocenters. The van der Waals surface area contributed by atoms with Crippen molar-refractivity contribution in [3.63, 3.8) is 0 Å². The van der Waals surface area contributed by atoms with Crippen LogP contribution in [0.15, 0.2) is 30.7 Å². The van der Waals surface area contributed by atoms with Gasteiger partial charge in [-0.15, -0.1) is 0 Å². The highest BCUT2D eigenvalue weighted by atomic mass is 19.3. The van der Waals surface area contributed by atoms with Crippen LogP contribution in [0.2, 0.25) is 0 Å². The van der Waals surface area contributed by atoms with Gasteiger partial charge in [0.05, 0.1) is 12.6 Å². The molecule has 0 amide bonds. The van der Waals surface area contributed by atoms with Crippen molar-refractivity contribution in [2.24, 2.45) is 0 Å². The number of hydrogen-bond donors (Lipinski definition) is 3. The summed E-state index contributed by atoms with van der Waals surface area (Å²) in [7, 11) is 0. The number of alkyl halides is 2. The van der Waals surface area contributed by atoms with Crippen LogP contribution >= 0.6 is 0 Å². The monoisotopic (exact) mass is 471 g/mol. The van der Waals surface area contributed by atoms with E-state index in [2.05, 4.69) is 39.1 Å². The molecule has 3 N–H and O–H groups in total. The van der Waals surface area contributed by atoms with E-state index >= 15 is 0 Å².